The van der Waals surface area contributed by atoms with Gasteiger partial charge in [0.15, 0.2) is 5.76 Å². The fourth-order valence-corrected chi connectivity index (χ4v) is 2.62. The van der Waals surface area contributed by atoms with Crippen LogP contribution in [-0.2, 0) is 11.3 Å². The molecule has 0 fully saturated rings. The Morgan fingerprint density at radius 1 is 1.42 bits per heavy atom. The SMILES string of the molecule is CSCC[C@@H](NC(=O)c1ccco1)C(=O)NCCCn1cccn1. The fourth-order valence-electron chi connectivity index (χ4n) is 2.15. The van der Waals surface area contributed by atoms with Gasteiger partial charge in [0.05, 0.1) is 6.26 Å². The molecule has 0 saturated carbocycles. The lowest BCUT2D eigenvalue weighted by Gasteiger charge is -2.17. The predicted molar refractivity (Wildman–Crippen MR) is 92.8 cm³/mol. The van der Waals surface area contributed by atoms with Gasteiger partial charge in [0.2, 0.25) is 5.91 Å². The van der Waals surface area contributed by atoms with Gasteiger partial charge in [-0.1, -0.05) is 0 Å². The smallest absolute Gasteiger partial charge is 0.287 e. The van der Waals surface area contributed by atoms with Gasteiger partial charge in [0.25, 0.3) is 5.91 Å². The molecule has 1 atom stereocenters. The molecular formula is C16H22N4O3S. The molecule has 0 radical (unpaired) electrons. The highest BCUT2D eigenvalue weighted by molar-refractivity contribution is 7.98. The lowest BCUT2D eigenvalue weighted by Crippen LogP contribution is -2.47. The van der Waals surface area contributed by atoms with Crippen LogP contribution < -0.4 is 10.6 Å². The summed E-state index contributed by atoms with van der Waals surface area (Å²) in [5.41, 5.74) is 0. The summed E-state index contributed by atoms with van der Waals surface area (Å²) in [5.74, 6) is 0.432. The summed E-state index contributed by atoms with van der Waals surface area (Å²) in [5, 5.41) is 9.71. The number of nitrogens with one attached hydrogen (secondary N) is 2. The third kappa shape index (κ3) is 5.77. The molecule has 0 aromatic carbocycles. The third-order valence-corrected chi connectivity index (χ3v) is 4.04. The summed E-state index contributed by atoms with van der Waals surface area (Å²) in [6.07, 6.45) is 8.34. The number of hydrogen-bond acceptors (Lipinski definition) is 5. The van der Waals surface area contributed by atoms with Gasteiger partial charge < -0.3 is 15.1 Å². The van der Waals surface area contributed by atoms with Gasteiger partial charge in [-0.25, -0.2) is 0 Å². The van der Waals surface area contributed by atoms with Crippen molar-refractivity contribution < 1.29 is 14.0 Å². The first-order valence-corrected chi connectivity index (χ1v) is 9.18. The molecule has 2 N–H and O–H groups in total. The maximum atomic E-state index is 12.3. The lowest BCUT2D eigenvalue weighted by molar-refractivity contribution is -0.123. The molecule has 2 aromatic rings. The quantitative estimate of drug-likeness (QED) is 0.635. The van der Waals surface area contributed by atoms with Gasteiger partial charge in [-0.05, 0) is 43.0 Å². The average molecular weight is 350 g/mol. The van der Waals surface area contributed by atoms with Crippen LogP contribution in [0.25, 0.3) is 0 Å². The molecule has 0 aliphatic carbocycles. The van der Waals surface area contributed by atoms with E-state index in [1.165, 1.54) is 6.26 Å². The minimum absolute atomic E-state index is 0.176. The largest absolute Gasteiger partial charge is 0.459 e. The predicted octanol–water partition coefficient (Wildman–Crippen LogP) is 1.53. The van der Waals surface area contributed by atoms with Crippen LogP contribution in [0.5, 0.6) is 0 Å². The monoisotopic (exact) mass is 350 g/mol. The molecule has 0 aliphatic heterocycles. The second-order valence-corrected chi connectivity index (χ2v) is 6.18. The van der Waals surface area contributed by atoms with Gasteiger partial charge >= 0.3 is 0 Å². The molecule has 2 heterocycles. The van der Waals surface area contributed by atoms with Crippen LogP contribution in [0.1, 0.15) is 23.4 Å². The molecule has 0 unspecified atom stereocenters. The van der Waals surface area contributed by atoms with E-state index in [9.17, 15) is 9.59 Å². The Hall–Kier alpha value is -2.22. The molecule has 2 aromatic heterocycles. The average Bonchev–Trinajstić information content (AvgIpc) is 3.28. The van der Waals surface area contributed by atoms with Crippen LogP contribution in [0.4, 0.5) is 0 Å². The van der Waals surface area contributed by atoms with E-state index in [0.29, 0.717) is 13.0 Å². The lowest BCUT2D eigenvalue weighted by atomic mass is 10.2. The van der Waals surface area contributed by atoms with Gasteiger partial charge in [-0.3, -0.25) is 14.3 Å². The van der Waals surface area contributed by atoms with Crippen molar-refractivity contribution in [3.8, 4) is 0 Å². The Kier molecular flexibility index (Phi) is 7.41. The third-order valence-electron chi connectivity index (χ3n) is 3.40. The zero-order valence-electron chi connectivity index (χ0n) is 13.6. The first kappa shape index (κ1) is 18.1. The van der Waals surface area contributed by atoms with Crippen LogP contribution in [0.3, 0.4) is 0 Å². The Labute approximate surface area is 145 Å². The van der Waals surface area contributed by atoms with Crippen molar-refractivity contribution in [3.05, 3.63) is 42.6 Å². The number of furan rings is 1. The van der Waals surface area contributed by atoms with Crippen molar-refractivity contribution in [2.75, 3.05) is 18.6 Å². The van der Waals surface area contributed by atoms with Crippen LogP contribution >= 0.6 is 11.8 Å². The zero-order valence-corrected chi connectivity index (χ0v) is 14.4. The first-order chi connectivity index (χ1) is 11.7. The number of rotatable bonds is 10. The molecule has 8 heteroatoms. The van der Waals surface area contributed by atoms with Crippen molar-refractivity contribution in [3.63, 3.8) is 0 Å². The summed E-state index contributed by atoms with van der Waals surface area (Å²) in [7, 11) is 0. The van der Waals surface area contributed by atoms with Gasteiger partial charge in [0.1, 0.15) is 6.04 Å². The number of amides is 2. The Balaban J connectivity index is 1.79. The summed E-state index contributed by atoms with van der Waals surface area (Å²) in [6, 6.07) is 4.51. The van der Waals surface area contributed by atoms with E-state index >= 15 is 0 Å². The van der Waals surface area contributed by atoms with Crippen molar-refractivity contribution in [1.82, 2.24) is 20.4 Å². The van der Waals surface area contributed by atoms with E-state index in [1.54, 1.807) is 30.1 Å². The molecule has 7 nitrogen and oxygen atoms in total. The molecule has 0 aliphatic rings. The number of hydrogen-bond donors (Lipinski definition) is 2. The topological polar surface area (TPSA) is 89.2 Å². The van der Waals surface area contributed by atoms with Crippen molar-refractivity contribution in [2.45, 2.75) is 25.4 Å². The summed E-state index contributed by atoms with van der Waals surface area (Å²) in [4.78, 5) is 24.4. The molecular weight excluding hydrogens is 328 g/mol. The molecule has 0 spiro atoms. The van der Waals surface area contributed by atoms with Gasteiger partial charge in [-0.2, -0.15) is 16.9 Å². The molecule has 0 bridgehead atoms. The molecule has 2 amide bonds. The van der Waals surface area contributed by atoms with Crippen molar-refractivity contribution in [1.29, 1.82) is 0 Å². The minimum atomic E-state index is -0.570. The minimum Gasteiger partial charge on any atom is -0.459 e. The van der Waals surface area contributed by atoms with Gasteiger partial charge in [-0.15, -0.1) is 0 Å². The highest BCUT2D eigenvalue weighted by Crippen LogP contribution is 2.05. The number of carbonyl (C=O) groups excluding carboxylic acids is 2. The Morgan fingerprint density at radius 3 is 2.96 bits per heavy atom. The highest BCUT2D eigenvalue weighted by atomic mass is 32.2. The van der Waals surface area contributed by atoms with Crippen LogP contribution in [0.15, 0.2) is 41.3 Å². The molecule has 0 saturated heterocycles. The number of carbonyl (C=O) groups is 2. The van der Waals surface area contributed by atoms with Crippen molar-refractivity contribution >= 4 is 23.6 Å². The Bertz CT molecular complexity index is 613. The zero-order chi connectivity index (χ0) is 17.2. The van der Waals surface area contributed by atoms with E-state index in [0.717, 1.165) is 18.7 Å². The fraction of sp³-hybridized carbons (Fsp3) is 0.438. The number of aromatic nitrogens is 2. The maximum absolute atomic E-state index is 12.3. The summed E-state index contributed by atoms with van der Waals surface area (Å²) < 4.78 is 6.88. The maximum Gasteiger partial charge on any atom is 0.287 e. The highest BCUT2D eigenvalue weighted by Gasteiger charge is 2.21. The molecule has 2 rings (SSSR count). The normalized spacial score (nSPS) is 11.9. The van der Waals surface area contributed by atoms with Crippen LogP contribution in [-0.4, -0.2) is 46.2 Å². The van der Waals surface area contributed by atoms with E-state index in [1.807, 2.05) is 23.2 Å². The summed E-state index contributed by atoms with van der Waals surface area (Å²) in [6.45, 7) is 1.27. The Morgan fingerprint density at radius 2 is 2.29 bits per heavy atom. The van der Waals surface area contributed by atoms with E-state index < -0.39 is 6.04 Å². The van der Waals surface area contributed by atoms with Gasteiger partial charge in [0, 0.05) is 25.5 Å². The van der Waals surface area contributed by atoms with E-state index in [2.05, 4.69) is 15.7 Å². The van der Waals surface area contributed by atoms with E-state index in [4.69, 9.17) is 4.42 Å². The van der Waals surface area contributed by atoms with Crippen molar-refractivity contribution in [2.24, 2.45) is 0 Å². The number of nitrogens with zero attached hydrogens (tertiary/aromatic N) is 2. The number of thioether (sulfide) groups is 1. The van der Waals surface area contributed by atoms with Crippen LogP contribution in [0.2, 0.25) is 0 Å². The molecule has 130 valence electrons. The van der Waals surface area contributed by atoms with Crippen LogP contribution in [0, 0.1) is 0 Å². The molecule has 24 heavy (non-hydrogen) atoms. The summed E-state index contributed by atoms with van der Waals surface area (Å²) >= 11 is 1.63. The second kappa shape index (κ2) is 9.82. The standard InChI is InChI=1S/C16H22N4O3S/c1-24-12-6-13(19-16(22)14-5-2-11-23-14)15(21)17-7-3-9-20-10-4-8-18-20/h2,4-5,8,10-11,13H,3,6-7,9,12H2,1H3,(H,17,21)(H,19,22)/t13-/m1/s1. The van der Waals surface area contributed by atoms with E-state index in [-0.39, 0.29) is 17.6 Å². The first-order valence-electron chi connectivity index (χ1n) is 7.79. The second-order valence-electron chi connectivity index (χ2n) is 5.20. The number of aryl methyl sites for hydroxylation is 1.